The van der Waals surface area contributed by atoms with Gasteiger partial charge in [0.25, 0.3) is 0 Å². The van der Waals surface area contributed by atoms with Crippen LogP contribution in [0, 0.1) is 0 Å². The predicted molar refractivity (Wildman–Crippen MR) is 71.5 cm³/mol. The molecule has 2 unspecified atom stereocenters. The summed E-state index contributed by atoms with van der Waals surface area (Å²) in [5.41, 5.74) is 0. The second-order valence-electron chi connectivity index (χ2n) is 4.63. The van der Waals surface area contributed by atoms with E-state index in [4.69, 9.17) is 9.15 Å². The first kappa shape index (κ1) is 13.5. The average Bonchev–Trinajstić information content (AvgIpc) is 2.80. The number of carbonyl (C=O) groups excluding carboxylic acids is 1. The lowest BCUT2D eigenvalue weighted by atomic mass is 10.2. The summed E-state index contributed by atoms with van der Waals surface area (Å²) in [6.45, 7) is 5.41. The number of furan rings is 1. The van der Waals surface area contributed by atoms with Crippen LogP contribution in [-0.2, 0) is 15.3 Å². The van der Waals surface area contributed by atoms with E-state index in [1.807, 2.05) is 30.9 Å². The standard InChI is InChI=1S/C13H19NO3S/c1-10-6-14(7-11(2)17-10)13(15)9-18-8-12-4-3-5-16-12/h3-5,10-11H,6-9H2,1-2H3. The van der Waals surface area contributed by atoms with Crippen LogP contribution in [0.4, 0.5) is 0 Å². The zero-order valence-corrected chi connectivity index (χ0v) is 11.6. The lowest BCUT2D eigenvalue weighted by Crippen LogP contribution is -2.48. The maximum Gasteiger partial charge on any atom is 0.232 e. The first-order valence-electron chi connectivity index (χ1n) is 6.18. The highest BCUT2D eigenvalue weighted by molar-refractivity contribution is 7.99. The molecule has 100 valence electrons. The Labute approximate surface area is 112 Å². The molecule has 4 nitrogen and oxygen atoms in total. The van der Waals surface area contributed by atoms with E-state index in [1.54, 1.807) is 18.0 Å². The third kappa shape index (κ3) is 3.78. The summed E-state index contributed by atoms with van der Waals surface area (Å²) in [5, 5.41) is 0. The van der Waals surface area contributed by atoms with Gasteiger partial charge in [-0.3, -0.25) is 4.79 Å². The molecule has 0 spiro atoms. The van der Waals surface area contributed by atoms with E-state index >= 15 is 0 Å². The number of amides is 1. The van der Waals surface area contributed by atoms with Crippen molar-refractivity contribution in [2.24, 2.45) is 0 Å². The summed E-state index contributed by atoms with van der Waals surface area (Å²) in [4.78, 5) is 13.9. The number of hydrogen-bond acceptors (Lipinski definition) is 4. The monoisotopic (exact) mass is 269 g/mol. The summed E-state index contributed by atoms with van der Waals surface area (Å²) in [6.07, 6.45) is 1.92. The van der Waals surface area contributed by atoms with Gasteiger partial charge >= 0.3 is 0 Å². The molecule has 0 bridgehead atoms. The molecular weight excluding hydrogens is 250 g/mol. The number of rotatable bonds is 4. The molecule has 18 heavy (non-hydrogen) atoms. The van der Waals surface area contributed by atoms with Gasteiger partial charge in [0, 0.05) is 13.1 Å². The summed E-state index contributed by atoms with van der Waals surface area (Å²) in [6, 6.07) is 3.79. The fraction of sp³-hybridized carbons (Fsp3) is 0.615. The molecule has 5 heteroatoms. The molecule has 0 saturated carbocycles. The van der Waals surface area contributed by atoms with Gasteiger partial charge in [0.05, 0.1) is 30.0 Å². The zero-order valence-electron chi connectivity index (χ0n) is 10.8. The minimum Gasteiger partial charge on any atom is -0.468 e. The average molecular weight is 269 g/mol. The van der Waals surface area contributed by atoms with Crippen molar-refractivity contribution < 1.29 is 13.9 Å². The van der Waals surface area contributed by atoms with Crippen molar-refractivity contribution in [3.05, 3.63) is 24.2 Å². The maximum atomic E-state index is 12.0. The van der Waals surface area contributed by atoms with Crippen LogP contribution < -0.4 is 0 Å². The molecule has 1 amide bonds. The molecule has 1 fully saturated rings. The molecule has 0 radical (unpaired) electrons. The molecular formula is C13H19NO3S. The lowest BCUT2D eigenvalue weighted by Gasteiger charge is -2.35. The minimum atomic E-state index is 0.132. The van der Waals surface area contributed by atoms with Crippen molar-refractivity contribution >= 4 is 17.7 Å². The Balaban J connectivity index is 1.74. The lowest BCUT2D eigenvalue weighted by molar-refractivity contribution is -0.140. The SMILES string of the molecule is CC1CN(C(=O)CSCc2ccco2)CC(C)O1. The quantitative estimate of drug-likeness (QED) is 0.840. The molecule has 0 aromatic carbocycles. The summed E-state index contributed by atoms with van der Waals surface area (Å²) in [5.74, 6) is 2.35. The summed E-state index contributed by atoms with van der Waals surface area (Å²) < 4.78 is 10.8. The molecule has 0 aliphatic carbocycles. The van der Waals surface area contributed by atoms with Gasteiger partial charge in [0.2, 0.25) is 5.91 Å². The van der Waals surface area contributed by atoms with Gasteiger partial charge in [-0.15, -0.1) is 11.8 Å². The van der Waals surface area contributed by atoms with Gasteiger partial charge in [-0.1, -0.05) is 0 Å². The summed E-state index contributed by atoms with van der Waals surface area (Å²) >= 11 is 1.59. The van der Waals surface area contributed by atoms with E-state index in [9.17, 15) is 4.79 Å². The summed E-state index contributed by atoms with van der Waals surface area (Å²) in [7, 11) is 0. The fourth-order valence-corrected chi connectivity index (χ4v) is 2.93. The Morgan fingerprint density at radius 3 is 2.78 bits per heavy atom. The van der Waals surface area contributed by atoms with Crippen LogP contribution in [-0.4, -0.2) is 41.9 Å². The number of carbonyl (C=O) groups is 1. The highest BCUT2D eigenvalue weighted by Gasteiger charge is 2.25. The largest absolute Gasteiger partial charge is 0.468 e. The predicted octanol–water partition coefficient (Wildman–Crippen LogP) is 2.15. The highest BCUT2D eigenvalue weighted by atomic mass is 32.2. The Morgan fingerprint density at radius 1 is 1.44 bits per heavy atom. The van der Waals surface area contributed by atoms with Gasteiger partial charge in [0.15, 0.2) is 0 Å². The van der Waals surface area contributed by atoms with Crippen LogP contribution in [0.3, 0.4) is 0 Å². The van der Waals surface area contributed by atoms with Crippen LogP contribution in [0.2, 0.25) is 0 Å². The van der Waals surface area contributed by atoms with Gasteiger partial charge in [-0.2, -0.15) is 0 Å². The van der Waals surface area contributed by atoms with E-state index in [1.165, 1.54) is 0 Å². The van der Waals surface area contributed by atoms with E-state index < -0.39 is 0 Å². The molecule has 1 saturated heterocycles. The molecule has 2 rings (SSSR count). The molecule has 1 aliphatic heterocycles. The van der Waals surface area contributed by atoms with Crippen molar-refractivity contribution in [3.8, 4) is 0 Å². The molecule has 2 heterocycles. The molecule has 2 atom stereocenters. The van der Waals surface area contributed by atoms with Gasteiger partial charge in [-0.05, 0) is 26.0 Å². The second kappa shape index (κ2) is 6.29. The Bertz CT molecular complexity index is 370. The van der Waals surface area contributed by atoms with E-state index in [0.717, 1.165) is 11.5 Å². The van der Waals surface area contributed by atoms with Crippen LogP contribution in [0.25, 0.3) is 0 Å². The zero-order chi connectivity index (χ0) is 13.0. The van der Waals surface area contributed by atoms with E-state index in [0.29, 0.717) is 18.8 Å². The topological polar surface area (TPSA) is 42.7 Å². The molecule has 1 aliphatic rings. The van der Waals surface area contributed by atoms with E-state index in [2.05, 4.69) is 0 Å². The number of thioether (sulfide) groups is 1. The van der Waals surface area contributed by atoms with Gasteiger partial charge in [0.1, 0.15) is 5.76 Å². The van der Waals surface area contributed by atoms with Crippen molar-refractivity contribution in [2.45, 2.75) is 31.8 Å². The van der Waals surface area contributed by atoms with Crippen molar-refractivity contribution in [2.75, 3.05) is 18.8 Å². The third-order valence-electron chi connectivity index (χ3n) is 2.82. The maximum absolute atomic E-state index is 12.0. The van der Waals surface area contributed by atoms with Crippen LogP contribution in [0.15, 0.2) is 22.8 Å². The Hall–Kier alpha value is -0.940. The third-order valence-corrected chi connectivity index (χ3v) is 3.76. The first-order valence-corrected chi connectivity index (χ1v) is 7.34. The molecule has 0 N–H and O–H groups in total. The normalized spacial score (nSPS) is 24.2. The molecule has 1 aromatic rings. The van der Waals surface area contributed by atoms with Crippen molar-refractivity contribution in [3.63, 3.8) is 0 Å². The van der Waals surface area contributed by atoms with Gasteiger partial charge < -0.3 is 14.1 Å². The van der Waals surface area contributed by atoms with Crippen molar-refractivity contribution in [1.82, 2.24) is 4.90 Å². The fourth-order valence-electron chi connectivity index (χ4n) is 2.11. The van der Waals surface area contributed by atoms with Gasteiger partial charge in [-0.25, -0.2) is 0 Å². The van der Waals surface area contributed by atoms with Crippen LogP contribution in [0.1, 0.15) is 19.6 Å². The Morgan fingerprint density at radius 2 is 2.17 bits per heavy atom. The van der Waals surface area contributed by atoms with Crippen molar-refractivity contribution in [1.29, 1.82) is 0 Å². The molecule has 1 aromatic heterocycles. The highest BCUT2D eigenvalue weighted by Crippen LogP contribution is 2.15. The number of ether oxygens (including phenoxy) is 1. The van der Waals surface area contributed by atoms with E-state index in [-0.39, 0.29) is 18.1 Å². The number of nitrogens with zero attached hydrogens (tertiary/aromatic N) is 1. The smallest absolute Gasteiger partial charge is 0.232 e. The second-order valence-corrected chi connectivity index (χ2v) is 5.61. The van der Waals surface area contributed by atoms with Crippen LogP contribution in [0.5, 0.6) is 0 Å². The first-order chi connectivity index (χ1) is 8.65. The number of hydrogen-bond donors (Lipinski definition) is 0. The minimum absolute atomic E-state index is 0.132. The van der Waals surface area contributed by atoms with Crippen LogP contribution >= 0.6 is 11.8 Å². The Kier molecular flexibility index (Phi) is 4.72. The number of morpholine rings is 1.